The van der Waals surface area contributed by atoms with Crippen LogP contribution in [0.2, 0.25) is 0 Å². The molecule has 4 aliphatic heterocycles. The monoisotopic (exact) mass is 617 g/mol. The van der Waals surface area contributed by atoms with Gasteiger partial charge in [-0.3, -0.25) is 9.80 Å². The molecule has 0 unspecified atom stereocenters. The first kappa shape index (κ1) is 31.3. The van der Waals surface area contributed by atoms with Crippen LogP contribution in [-0.4, -0.2) is 89.1 Å². The Balaban J connectivity index is 1.24. The summed E-state index contributed by atoms with van der Waals surface area (Å²) in [5.41, 5.74) is 8.55. The van der Waals surface area contributed by atoms with E-state index in [1.54, 1.807) is 11.1 Å². The Morgan fingerprint density at radius 3 is 2.60 bits per heavy atom. The summed E-state index contributed by atoms with van der Waals surface area (Å²) in [7, 11) is 0. The molecule has 4 N–H and O–H groups in total. The molecule has 11 heteroatoms. The summed E-state index contributed by atoms with van der Waals surface area (Å²) in [6, 6.07) is 9.54. The third-order valence-electron chi connectivity index (χ3n) is 10.7. The second-order valence-electron chi connectivity index (χ2n) is 13.2. The first-order valence-electron chi connectivity index (χ1n) is 16.6. The van der Waals surface area contributed by atoms with Crippen LogP contribution in [0.1, 0.15) is 61.6 Å². The van der Waals surface area contributed by atoms with E-state index in [1.165, 1.54) is 12.8 Å². The summed E-state index contributed by atoms with van der Waals surface area (Å²) in [6.45, 7) is 6.66. The molecule has 3 fully saturated rings. The lowest BCUT2D eigenvalue weighted by atomic mass is 9.77. The summed E-state index contributed by atoms with van der Waals surface area (Å²) < 4.78 is 5.90. The number of carbonyl (C=O) groups is 3. The predicted octanol–water partition coefficient (Wildman–Crippen LogP) is 4.16. The third-order valence-corrected chi connectivity index (χ3v) is 10.7. The molecule has 242 valence electrons. The largest absolute Gasteiger partial charge is 0.444 e. The van der Waals surface area contributed by atoms with E-state index in [1.807, 2.05) is 36.1 Å². The fourth-order valence-corrected chi connectivity index (χ4v) is 8.15. The van der Waals surface area contributed by atoms with Crippen LogP contribution in [0.15, 0.2) is 36.5 Å². The highest BCUT2D eigenvalue weighted by Gasteiger charge is 2.52. The Kier molecular flexibility index (Phi) is 9.56. The number of nitrogens with two attached hydrogens (primary N) is 1. The van der Waals surface area contributed by atoms with Gasteiger partial charge >= 0.3 is 12.1 Å². The van der Waals surface area contributed by atoms with Crippen molar-refractivity contribution in [2.45, 2.75) is 76.6 Å². The number of piperidine rings is 3. The minimum atomic E-state index is -0.879. The average Bonchev–Trinajstić information content (AvgIpc) is 3.23. The summed E-state index contributed by atoms with van der Waals surface area (Å²) >= 11 is 0. The van der Waals surface area contributed by atoms with Crippen LogP contribution in [0.4, 0.5) is 21.1 Å². The third kappa shape index (κ3) is 6.65. The number of carbonyl (C=O) groups excluding carboxylic acids is 3. The number of fused-ring (bicyclic) bond motifs is 1. The molecule has 0 spiro atoms. The molecule has 0 bridgehead atoms. The number of para-hydroxylation sites is 1. The van der Waals surface area contributed by atoms with E-state index in [2.05, 4.69) is 26.6 Å². The molecule has 11 nitrogen and oxygen atoms in total. The summed E-state index contributed by atoms with van der Waals surface area (Å²) in [6.07, 6.45) is 8.60. The van der Waals surface area contributed by atoms with Crippen LogP contribution in [-0.2, 0) is 22.6 Å². The highest BCUT2D eigenvalue weighted by Crippen LogP contribution is 2.41. The van der Waals surface area contributed by atoms with Crippen molar-refractivity contribution in [1.29, 1.82) is 0 Å². The number of nitrogens with zero attached hydrogens (tertiary/aromatic N) is 4. The number of aryl methyl sites for hydroxylation is 1. The molecule has 3 saturated heterocycles. The number of anilines is 2. The number of nitrogen functional groups attached to an aromatic ring is 1. The predicted molar refractivity (Wildman–Crippen MR) is 172 cm³/mol. The number of nitrogens with one attached hydrogen (secondary N) is 2. The van der Waals surface area contributed by atoms with Gasteiger partial charge in [0.25, 0.3) is 0 Å². The molecule has 0 saturated carbocycles. The topological polar surface area (TPSA) is 133 Å². The lowest BCUT2D eigenvalue weighted by molar-refractivity contribution is -0.128. The maximum absolute atomic E-state index is 13.9. The van der Waals surface area contributed by atoms with Crippen LogP contribution in [0.5, 0.6) is 0 Å². The van der Waals surface area contributed by atoms with Gasteiger partial charge < -0.3 is 30.8 Å². The van der Waals surface area contributed by atoms with Gasteiger partial charge in [-0.1, -0.05) is 18.2 Å². The molecule has 5 heterocycles. The molecule has 3 amide bonds. The standard InChI is InChI=1S/C34H47N7O4/c1-24-20-25(22-37-31(24)35)23-45-33(44)41-18-11-29(40-17-10-28-4-2-3-5-30(28)38-32(40)43)21-34(41,12-19-42)39-15-8-27(9-16-39)26-6-13-36-14-7-26/h2-5,19-20,22,26-27,29,36H,6-18,21,23H2,1H3,(H2,35,37)(H,38,43)/t29-,34+/m1/s1. The Labute approximate surface area is 265 Å². The zero-order valence-corrected chi connectivity index (χ0v) is 26.4. The molecular formula is C34H47N7O4. The second-order valence-corrected chi connectivity index (χ2v) is 13.2. The van der Waals surface area contributed by atoms with E-state index < -0.39 is 11.8 Å². The van der Waals surface area contributed by atoms with Gasteiger partial charge in [0, 0.05) is 62.5 Å². The van der Waals surface area contributed by atoms with Crippen molar-refractivity contribution >= 4 is 29.9 Å². The van der Waals surface area contributed by atoms with Gasteiger partial charge in [-0.25, -0.2) is 14.6 Å². The Morgan fingerprint density at radius 2 is 1.84 bits per heavy atom. The summed E-state index contributed by atoms with van der Waals surface area (Å²) in [5.74, 6) is 1.81. The number of hydrogen-bond donors (Lipinski definition) is 3. The zero-order chi connectivity index (χ0) is 31.4. The molecule has 4 aliphatic rings. The zero-order valence-electron chi connectivity index (χ0n) is 26.4. The lowest BCUT2D eigenvalue weighted by Gasteiger charge is -2.56. The van der Waals surface area contributed by atoms with Gasteiger partial charge in [0.15, 0.2) is 0 Å². The number of amides is 3. The van der Waals surface area contributed by atoms with Crippen LogP contribution >= 0.6 is 0 Å². The molecule has 2 atom stereocenters. The van der Waals surface area contributed by atoms with Crippen molar-refractivity contribution in [2.24, 2.45) is 11.8 Å². The Morgan fingerprint density at radius 1 is 1.09 bits per heavy atom. The number of pyridine rings is 1. The lowest BCUT2D eigenvalue weighted by Crippen LogP contribution is -2.69. The van der Waals surface area contributed by atoms with Crippen LogP contribution in [0, 0.1) is 18.8 Å². The second kappa shape index (κ2) is 13.7. The van der Waals surface area contributed by atoms with Gasteiger partial charge in [-0.2, -0.15) is 0 Å². The number of likely N-dealkylation sites (tertiary alicyclic amines) is 2. The van der Waals surface area contributed by atoms with Gasteiger partial charge in [0.2, 0.25) is 0 Å². The molecule has 6 rings (SSSR count). The van der Waals surface area contributed by atoms with E-state index in [0.29, 0.717) is 37.7 Å². The summed E-state index contributed by atoms with van der Waals surface area (Å²) in [5, 5.41) is 6.59. The molecule has 45 heavy (non-hydrogen) atoms. The number of aromatic nitrogens is 1. The normalized spacial score (nSPS) is 25.3. The van der Waals surface area contributed by atoms with Crippen molar-refractivity contribution in [1.82, 2.24) is 25.0 Å². The highest BCUT2D eigenvalue weighted by atomic mass is 16.6. The van der Waals surface area contributed by atoms with Crippen LogP contribution in [0.25, 0.3) is 0 Å². The first-order chi connectivity index (χ1) is 21.9. The van der Waals surface area contributed by atoms with E-state index in [-0.39, 0.29) is 25.1 Å². The summed E-state index contributed by atoms with van der Waals surface area (Å²) in [4.78, 5) is 50.3. The SMILES string of the molecule is Cc1cc(COC(=O)N2CC[C@@H](N3CCc4ccccc4NC3=O)C[C@@]2(CC=O)N2CCC(C3CCNCC3)CC2)cnc1N. The minimum absolute atomic E-state index is 0.0641. The van der Waals surface area contributed by atoms with E-state index in [0.717, 1.165) is 80.0 Å². The maximum Gasteiger partial charge on any atom is 0.411 e. The van der Waals surface area contributed by atoms with Crippen molar-refractivity contribution in [2.75, 3.05) is 50.3 Å². The van der Waals surface area contributed by atoms with Crippen molar-refractivity contribution < 1.29 is 19.1 Å². The Bertz CT molecular complexity index is 1370. The van der Waals surface area contributed by atoms with Crippen LogP contribution < -0.4 is 16.4 Å². The smallest absolute Gasteiger partial charge is 0.411 e. The van der Waals surface area contributed by atoms with E-state index in [9.17, 15) is 14.4 Å². The van der Waals surface area contributed by atoms with Crippen molar-refractivity contribution in [3.63, 3.8) is 0 Å². The van der Waals surface area contributed by atoms with Gasteiger partial charge in [0.05, 0.1) is 0 Å². The Hall–Kier alpha value is -3.70. The minimum Gasteiger partial charge on any atom is -0.444 e. The molecule has 0 radical (unpaired) electrons. The highest BCUT2D eigenvalue weighted by molar-refractivity contribution is 5.91. The molecule has 1 aromatic carbocycles. The van der Waals surface area contributed by atoms with Gasteiger partial charge in [0.1, 0.15) is 24.4 Å². The first-order valence-corrected chi connectivity index (χ1v) is 16.6. The number of urea groups is 1. The number of hydrogen-bond acceptors (Lipinski definition) is 8. The average molecular weight is 618 g/mol. The van der Waals surface area contributed by atoms with E-state index >= 15 is 0 Å². The number of rotatable bonds is 7. The molecule has 2 aromatic rings. The quantitative estimate of drug-likeness (QED) is 0.395. The molecule has 1 aromatic heterocycles. The fourth-order valence-electron chi connectivity index (χ4n) is 8.15. The molecular weight excluding hydrogens is 570 g/mol. The van der Waals surface area contributed by atoms with Crippen molar-refractivity contribution in [3.8, 4) is 0 Å². The van der Waals surface area contributed by atoms with Gasteiger partial charge in [-0.15, -0.1) is 0 Å². The molecule has 0 aliphatic carbocycles. The number of aldehydes is 1. The number of benzene rings is 1. The van der Waals surface area contributed by atoms with Crippen molar-refractivity contribution in [3.05, 3.63) is 53.2 Å². The van der Waals surface area contributed by atoms with Crippen LogP contribution in [0.3, 0.4) is 0 Å². The van der Waals surface area contributed by atoms with Gasteiger partial charge in [-0.05, 0) is 93.6 Å². The van der Waals surface area contributed by atoms with E-state index in [4.69, 9.17) is 10.5 Å². The maximum atomic E-state index is 13.9. The number of ether oxygens (including phenoxy) is 1. The fraction of sp³-hybridized carbons (Fsp3) is 0.588.